The molecular weight excluding hydrogens is 136 g/mol. The highest BCUT2D eigenvalue weighted by Gasteiger charge is 2.20. The Bertz CT molecular complexity index is 138. The van der Waals surface area contributed by atoms with Gasteiger partial charge in [0, 0.05) is 25.7 Å². The van der Waals surface area contributed by atoms with E-state index in [2.05, 4.69) is 30.8 Å². The van der Waals surface area contributed by atoms with E-state index in [-0.39, 0.29) is 0 Å². The van der Waals surface area contributed by atoms with Gasteiger partial charge in [-0.05, 0) is 13.5 Å². The molecular formula is C9H18N2. The summed E-state index contributed by atoms with van der Waals surface area (Å²) in [5.41, 5.74) is 1.33. The van der Waals surface area contributed by atoms with E-state index < -0.39 is 0 Å². The average molecular weight is 154 g/mol. The van der Waals surface area contributed by atoms with Gasteiger partial charge in [-0.2, -0.15) is 0 Å². The van der Waals surface area contributed by atoms with Crippen molar-refractivity contribution in [3.63, 3.8) is 0 Å². The Morgan fingerprint density at radius 2 is 2.27 bits per heavy atom. The van der Waals surface area contributed by atoms with E-state index in [1.54, 1.807) is 0 Å². The highest BCUT2D eigenvalue weighted by molar-refractivity contribution is 4.98. The summed E-state index contributed by atoms with van der Waals surface area (Å²) in [5.74, 6) is 0. The molecule has 0 aromatic carbocycles. The molecule has 0 aromatic rings. The normalized spacial score (nSPS) is 18.5. The van der Waals surface area contributed by atoms with E-state index in [0.717, 1.165) is 32.1 Å². The van der Waals surface area contributed by atoms with E-state index >= 15 is 0 Å². The number of likely N-dealkylation sites (N-methyl/N-ethyl adjacent to an activating group) is 1. The van der Waals surface area contributed by atoms with Crippen molar-refractivity contribution in [1.82, 2.24) is 10.2 Å². The molecule has 0 amide bonds. The second-order valence-electron chi connectivity index (χ2n) is 3.33. The fourth-order valence-electron chi connectivity index (χ4n) is 1.18. The first-order valence-electron chi connectivity index (χ1n) is 4.31. The second kappa shape index (κ2) is 3.88. The van der Waals surface area contributed by atoms with Gasteiger partial charge in [0.25, 0.3) is 0 Å². The van der Waals surface area contributed by atoms with Crippen molar-refractivity contribution in [1.29, 1.82) is 0 Å². The number of hydrogen-bond donors (Lipinski definition) is 1. The standard InChI is InChI=1S/C9H18N2/c1-4-8(2)7-11(3)9-5-10-6-9/h9-10H,2,4-7H2,1,3H3. The molecule has 2 heteroatoms. The predicted octanol–water partition coefficient (Wildman–Crippen LogP) is 0.856. The molecule has 0 aliphatic carbocycles. The van der Waals surface area contributed by atoms with Crippen LogP contribution in [0.25, 0.3) is 0 Å². The summed E-state index contributed by atoms with van der Waals surface area (Å²) in [4.78, 5) is 2.38. The molecule has 1 aliphatic heterocycles. The van der Waals surface area contributed by atoms with Crippen LogP contribution in [0.2, 0.25) is 0 Å². The first-order valence-corrected chi connectivity index (χ1v) is 4.31. The number of rotatable bonds is 4. The highest BCUT2D eigenvalue weighted by atomic mass is 15.2. The van der Waals surface area contributed by atoms with E-state index in [0.29, 0.717) is 0 Å². The van der Waals surface area contributed by atoms with Gasteiger partial charge in [0.15, 0.2) is 0 Å². The Morgan fingerprint density at radius 3 is 2.64 bits per heavy atom. The summed E-state index contributed by atoms with van der Waals surface area (Å²) in [6.07, 6.45) is 1.10. The van der Waals surface area contributed by atoms with Crippen molar-refractivity contribution in [2.45, 2.75) is 19.4 Å². The molecule has 1 heterocycles. The molecule has 0 bridgehead atoms. The summed E-state index contributed by atoms with van der Waals surface area (Å²) in [6.45, 7) is 9.50. The lowest BCUT2D eigenvalue weighted by atomic mass is 10.1. The van der Waals surface area contributed by atoms with Gasteiger partial charge >= 0.3 is 0 Å². The summed E-state index contributed by atoms with van der Waals surface area (Å²) in [7, 11) is 2.17. The van der Waals surface area contributed by atoms with E-state index in [1.807, 2.05) is 0 Å². The number of hydrogen-bond acceptors (Lipinski definition) is 2. The molecule has 1 N–H and O–H groups in total. The highest BCUT2D eigenvalue weighted by Crippen LogP contribution is 2.06. The molecule has 11 heavy (non-hydrogen) atoms. The molecule has 1 saturated heterocycles. The van der Waals surface area contributed by atoms with E-state index in [4.69, 9.17) is 0 Å². The minimum Gasteiger partial charge on any atom is -0.314 e. The lowest BCUT2D eigenvalue weighted by molar-refractivity contribution is 0.193. The Kier molecular flexibility index (Phi) is 3.09. The van der Waals surface area contributed by atoms with E-state index in [9.17, 15) is 0 Å². The summed E-state index contributed by atoms with van der Waals surface area (Å²) >= 11 is 0. The van der Waals surface area contributed by atoms with Crippen molar-refractivity contribution >= 4 is 0 Å². The van der Waals surface area contributed by atoms with Gasteiger partial charge in [-0.1, -0.05) is 19.1 Å². The first-order chi connectivity index (χ1) is 5.24. The largest absolute Gasteiger partial charge is 0.314 e. The Morgan fingerprint density at radius 1 is 1.64 bits per heavy atom. The minimum atomic E-state index is 0.748. The quantitative estimate of drug-likeness (QED) is 0.604. The van der Waals surface area contributed by atoms with Gasteiger partial charge in [0.05, 0.1) is 0 Å². The van der Waals surface area contributed by atoms with E-state index in [1.165, 1.54) is 5.57 Å². The second-order valence-corrected chi connectivity index (χ2v) is 3.33. The van der Waals surface area contributed by atoms with Gasteiger partial charge in [-0.25, -0.2) is 0 Å². The molecule has 64 valence electrons. The maximum absolute atomic E-state index is 3.99. The molecule has 0 spiro atoms. The number of nitrogens with one attached hydrogen (secondary N) is 1. The summed E-state index contributed by atoms with van der Waals surface area (Å²) in [5, 5.41) is 3.26. The van der Waals surface area contributed by atoms with Crippen molar-refractivity contribution in [3.8, 4) is 0 Å². The van der Waals surface area contributed by atoms with Crippen LogP contribution in [0.15, 0.2) is 12.2 Å². The number of nitrogens with zero attached hydrogens (tertiary/aromatic N) is 1. The Hall–Kier alpha value is -0.340. The zero-order chi connectivity index (χ0) is 8.27. The Labute approximate surface area is 69.3 Å². The van der Waals surface area contributed by atoms with Gasteiger partial charge in [-0.15, -0.1) is 0 Å². The van der Waals surface area contributed by atoms with Crippen LogP contribution in [0.5, 0.6) is 0 Å². The van der Waals surface area contributed by atoms with Gasteiger partial charge < -0.3 is 5.32 Å². The smallest absolute Gasteiger partial charge is 0.0345 e. The summed E-state index contributed by atoms with van der Waals surface area (Å²) < 4.78 is 0. The fourth-order valence-corrected chi connectivity index (χ4v) is 1.18. The third-order valence-corrected chi connectivity index (χ3v) is 2.36. The fraction of sp³-hybridized carbons (Fsp3) is 0.778. The lowest BCUT2D eigenvalue weighted by Gasteiger charge is -2.35. The zero-order valence-corrected chi connectivity index (χ0v) is 7.56. The van der Waals surface area contributed by atoms with Crippen molar-refractivity contribution in [2.24, 2.45) is 0 Å². The first kappa shape index (κ1) is 8.75. The maximum atomic E-state index is 3.99. The van der Waals surface area contributed by atoms with Crippen LogP contribution in [0.1, 0.15) is 13.3 Å². The SMILES string of the molecule is C=C(CC)CN(C)C1CNC1. The molecule has 0 saturated carbocycles. The van der Waals surface area contributed by atoms with Gasteiger partial charge in [0.1, 0.15) is 0 Å². The van der Waals surface area contributed by atoms with Crippen LogP contribution in [-0.4, -0.2) is 37.6 Å². The van der Waals surface area contributed by atoms with Crippen molar-refractivity contribution in [3.05, 3.63) is 12.2 Å². The van der Waals surface area contributed by atoms with Gasteiger partial charge in [-0.3, -0.25) is 4.90 Å². The average Bonchev–Trinajstić information content (AvgIpc) is 1.83. The monoisotopic (exact) mass is 154 g/mol. The van der Waals surface area contributed by atoms with Crippen LogP contribution in [0.4, 0.5) is 0 Å². The third-order valence-electron chi connectivity index (χ3n) is 2.36. The topological polar surface area (TPSA) is 15.3 Å². The van der Waals surface area contributed by atoms with Crippen LogP contribution >= 0.6 is 0 Å². The van der Waals surface area contributed by atoms with Crippen LogP contribution in [-0.2, 0) is 0 Å². The van der Waals surface area contributed by atoms with Crippen molar-refractivity contribution < 1.29 is 0 Å². The third kappa shape index (κ3) is 2.31. The van der Waals surface area contributed by atoms with Crippen LogP contribution in [0.3, 0.4) is 0 Å². The van der Waals surface area contributed by atoms with Crippen LogP contribution < -0.4 is 5.32 Å². The van der Waals surface area contributed by atoms with Gasteiger partial charge in [0.2, 0.25) is 0 Å². The van der Waals surface area contributed by atoms with Crippen molar-refractivity contribution in [2.75, 3.05) is 26.7 Å². The predicted molar refractivity (Wildman–Crippen MR) is 48.7 cm³/mol. The molecule has 2 nitrogen and oxygen atoms in total. The molecule has 0 aromatic heterocycles. The Balaban J connectivity index is 2.19. The molecule has 0 unspecified atom stereocenters. The molecule has 0 atom stereocenters. The maximum Gasteiger partial charge on any atom is 0.0345 e. The minimum absolute atomic E-state index is 0.748. The molecule has 1 aliphatic rings. The summed E-state index contributed by atoms with van der Waals surface area (Å²) in [6, 6.07) is 0.748. The zero-order valence-electron chi connectivity index (χ0n) is 7.56. The van der Waals surface area contributed by atoms with Crippen LogP contribution in [0, 0.1) is 0 Å². The molecule has 1 fully saturated rings. The molecule has 1 rings (SSSR count). The lowest BCUT2D eigenvalue weighted by Crippen LogP contribution is -2.56. The molecule has 0 radical (unpaired) electrons.